The van der Waals surface area contributed by atoms with Gasteiger partial charge in [-0.1, -0.05) is 79.2 Å². The molecule has 6 nitrogen and oxygen atoms in total. The molecule has 4 aromatic carbocycles. The minimum Gasteiger partial charge on any atom is -0.325 e. The Morgan fingerprint density at radius 1 is 0.786 bits per heavy atom. The van der Waals surface area contributed by atoms with Crippen LogP contribution in [-0.2, 0) is 9.59 Å². The average Bonchev–Trinajstić information content (AvgIpc) is 2.99. The molecule has 0 aliphatic carbocycles. The Labute approximate surface area is 251 Å². The van der Waals surface area contributed by atoms with Crippen molar-refractivity contribution in [3.05, 3.63) is 131 Å². The minimum atomic E-state index is -0.457. The van der Waals surface area contributed by atoms with Crippen molar-refractivity contribution in [2.45, 2.75) is 44.3 Å². The summed E-state index contributed by atoms with van der Waals surface area (Å²) >= 11 is 1.44. The van der Waals surface area contributed by atoms with Gasteiger partial charge < -0.3 is 16.0 Å². The molecule has 0 radical (unpaired) electrons. The van der Waals surface area contributed by atoms with Crippen molar-refractivity contribution in [3.63, 3.8) is 0 Å². The van der Waals surface area contributed by atoms with Crippen molar-refractivity contribution < 1.29 is 14.4 Å². The highest BCUT2D eigenvalue weighted by molar-refractivity contribution is 8.00. The van der Waals surface area contributed by atoms with E-state index >= 15 is 0 Å². The molecule has 0 spiro atoms. The second kappa shape index (κ2) is 14.3. The first-order chi connectivity index (χ1) is 20.2. The molecule has 4 aromatic rings. The fourth-order valence-corrected chi connectivity index (χ4v) is 5.33. The van der Waals surface area contributed by atoms with E-state index < -0.39 is 5.91 Å². The fourth-order valence-electron chi connectivity index (χ4n) is 4.32. The normalized spacial score (nSPS) is 11.9. The molecule has 7 heteroatoms. The van der Waals surface area contributed by atoms with Crippen LogP contribution in [0, 0.1) is 20.8 Å². The Balaban J connectivity index is 1.51. The van der Waals surface area contributed by atoms with Crippen LogP contribution in [0.1, 0.15) is 46.0 Å². The predicted octanol–water partition coefficient (Wildman–Crippen LogP) is 7.53. The lowest BCUT2D eigenvalue weighted by molar-refractivity contribution is -0.116. The predicted molar refractivity (Wildman–Crippen MR) is 173 cm³/mol. The summed E-state index contributed by atoms with van der Waals surface area (Å²) in [6.45, 7) is 7.92. The quantitative estimate of drug-likeness (QED) is 0.134. The Morgan fingerprint density at radius 3 is 2.12 bits per heavy atom. The van der Waals surface area contributed by atoms with E-state index in [0.717, 1.165) is 32.8 Å². The molecule has 3 amide bonds. The van der Waals surface area contributed by atoms with Gasteiger partial charge in [0, 0.05) is 21.8 Å². The summed E-state index contributed by atoms with van der Waals surface area (Å²) < 4.78 is 0. The number of aryl methyl sites for hydroxylation is 3. The first-order valence-electron chi connectivity index (χ1n) is 13.8. The number of nitrogens with one attached hydrogen (secondary N) is 3. The number of thioether (sulfide) groups is 1. The van der Waals surface area contributed by atoms with E-state index in [0.29, 0.717) is 17.7 Å². The highest BCUT2D eigenvalue weighted by Gasteiger charge is 2.20. The van der Waals surface area contributed by atoms with E-state index in [1.807, 2.05) is 94.4 Å². The molecule has 214 valence electrons. The van der Waals surface area contributed by atoms with Crippen LogP contribution in [0.15, 0.2) is 108 Å². The third-order valence-corrected chi connectivity index (χ3v) is 8.04. The summed E-state index contributed by atoms with van der Waals surface area (Å²) in [4.78, 5) is 40.4. The average molecular weight is 578 g/mol. The molecule has 0 aliphatic rings. The molecule has 0 bridgehead atoms. The molecular weight excluding hydrogens is 542 g/mol. The maximum absolute atomic E-state index is 13.5. The van der Waals surface area contributed by atoms with Gasteiger partial charge in [-0.15, -0.1) is 11.8 Å². The molecule has 0 fully saturated rings. The van der Waals surface area contributed by atoms with Crippen LogP contribution in [0.25, 0.3) is 6.08 Å². The van der Waals surface area contributed by atoms with Gasteiger partial charge in [0.1, 0.15) is 5.70 Å². The number of carbonyl (C=O) groups is 3. The number of hydrogen-bond donors (Lipinski definition) is 3. The Kier molecular flexibility index (Phi) is 10.3. The summed E-state index contributed by atoms with van der Waals surface area (Å²) in [6.07, 6.45) is 2.28. The van der Waals surface area contributed by atoms with Crippen molar-refractivity contribution in [2.75, 3.05) is 10.6 Å². The van der Waals surface area contributed by atoms with Gasteiger partial charge in [-0.05, 0) is 80.3 Å². The van der Waals surface area contributed by atoms with E-state index in [2.05, 4.69) is 16.0 Å². The zero-order valence-electron chi connectivity index (χ0n) is 24.2. The van der Waals surface area contributed by atoms with Gasteiger partial charge in [0.05, 0.1) is 5.25 Å². The van der Waals surface area contributed by atoms with Crippen LogP contribution in [0.5, 0.6) is 0 Å². The highest BCUT2D eigenvalue weighted by Crippen LogP contribution is 2.30. The first kappa shape index (κ1) is 30.3. The molecule has 0 aliphatic heterocycles. The van der Waals surface area contributed by atoms with E-state index in [4.69, 9.17) is 0 Å². The Hall–Kier alpha value is -4.62. The van der Waals surface area contributed by atoms with Crippen molar-refractivity contribution in [1.82, 2.24) is 5.32 Å². The number of benzene rings is 4. The standard InChI is InChI=1S/C35H35N3O3S/c1-5-31(35(41)38-32-24(3)11-9-12-25(32)4)42-29-16-10-15-28(22-29)36-34(40)30(21-26-19-17-23(2)18-20-26)37-33(39)27-13-7-6-8-14-27/h6-22,31H,5H2,1-4H3,(H,36,40)(H,37,39)(H,38,41)/b30-21+. The van der Waals surface area contributed by atoms with Crippen LogP contribution in [-0.4, -0.2) is 23.0 Å². The molecule has 0 heterocycles. The van der Waals surface area contributed by atoms with E-state index in [1.165, 1.54) is 11.8 Å². The van der Waals surface area contributed by atoms with Gasteiger partial charge in [0.2, 0.25) is 5.91 Å². The van der Waals surface area contributed by atoms with Crippen LogP contribution >= 0.6 is 11.8 Å². The van der Waals surface area contributed by atoms with Crippen molar-refractivity contribution in [1.29, 1.82) is 0 Å². The molecule has 0 saturated heterocycles. The van der Waals surface area contributed by atoms with Gasteiger partial charge in [0.15, 0.2) is 0 Å². The molecular formula is C35H35N3O3S. The summed E-state index contributed by atoms with van der Waals surface area (Å²) in [5, 5.41) is 8.45. The number of para-hydroxylation sites is 1. The highest BCUT2D eigenvalue weighted by atomic mass is 32.2. The fraction of sp³-hybridized carbons (Fsp3) is 0.171. The monoisotopic (exact) mass is 577 g/mol. The number of amides is 3. The molecule has 1 unspecified atom stereocenters. The SMILES string of the molecule is CCC(Sc1cccc(NC(=O)/C(=C\c2ccc(C)cc2)NC(=O)c2ccccc2)c1)C(=O)Nc1c(C)cccc1C. The van der Waals surface area contributed by atoms with Gasteiger partial charge in [-0.2, -0.15) is 0 Å². The molecule has 0 aromatic heterocycles. The maximum atomic E-state index is 13.5. The number of anilines is 2. The van der Waals surface area contributed by atoms with E-state index in [9.17, 15) is 14.4 Å². The van der Waals surface area contributed by atoms with Crippen LogP contribution in [0.4, 0.5) is 11.4 Å². The summed E-state index contributed by atoms with van der Waals surface area (Å²) in [5.74, 6) is -0.905. The van der Waals surface area contributed by atoms with Gasteiger partial charge in [-0.3, -0.25) is 14.4 Å². The number of hydrogen-bond acceptors (Lipinski definition) is 4. The van der Waals surface area contributed by atoms with E-state index in [-0.39, 0.29) is 22.8 Å². The Morgan fingerprint density at radius 2 is 1.45 bits per heavy atom. The molecule has 42 heavy (non-hydrogen) atoms. The summed E-state index contributed by atoms with van der Waals surface area (Å²) in [6, 6.07) is 29.7. The largest absolute Gasteiger partial charge is 0.325 e. The second-order valence-corrected chi connectivity index (χ2v) is 11.3. The van der Waals surface area contributed by atoms with Crippen LogP contribution in [0.2, 0.25) is 0 Å². The zero-order valence-corrected chi connectivity index (χ0v) is 25.0. The van der Waals surface area contributed by atoms with Crippen molar-refractivity contribution in [2.24, 2.45) is 0 Å². The maximum Gasteiger partial charge on any atom is 0.272 e. The van der Waals surface area contributed by atoms with Crippen molar-refractivity contribution >= 4 is 46.9 Å². The lowest BCUT2D eigenvalue weighted by Gasteiger charge is -2.18. The third-order valence-electron chi connectivity index (χ3n) is 6.68. The van der Waals surface area contributed by atoms with E-state index in [1.54, 1.807) is 36.4 Å². The summed E-state index contributed by atoms with van der Waals surface area (Å²) in [7, 11) is 0. The Bertz CT molecular complexity index is 1580. The van der Waals surface area contributed by atoms with Gasteiger partial charge >= 0.3 is 0 Å². The van der Waals surface area contributed by atoms with Crippen molar-refractivity contribution in [3.8, 4) is 0 Å². The minimum absolute atomic E-state index is 0.0683. The number of carbonyl (C=O) groups excluding carboxylic acids is 3. The van der Waals surface area contributed by atoms with Crippen LogP contribution in [0.3, 0.4) is 0 Å². The lowest BCUT2D eigenvalue weighted by Crippen LogP contribution is -2.30. The smallest absolute Gasteiger partial charge is 0.272 e. The molecule has 4 rings (SSSR count). The van der Waals surface area contributed by atoms with Crippen LogP contribution < -0.4 is 16.0 Å². The molecule has 3 N–H and O–H groups in total. The molecule has 0 saturated carbocycles. The first-order valence-corrected chi connectivity index (χ1v) is 14.7. The summed E-state index contributed by atoms with van der Waals surface area (Å²) in [5.41, 5.74) is 5.86. The van der Waals surface area contributed by atoms with Gasteiger partial charge in [0.25, 0.3) is 11.8 Å². The second-order valence-electron chi connectivity index (χ2n) is 10.0. The zero-order chi connectivity index (χ0) is 30.1. The lowest BCUT2D eigenvalue weighted by atomic mass is 10.1. The topological polar surface area (TPSA) is 87.3 Å². The van der Waals surface area contributed by atoms with Gasteiger partial charge in [-0.25, -0.2) is 0 Å². The number of rotatable bonds is 10. The third kappa shape index (κ3) is 8.21. The molecule has 1 atom stereocenters.